The monoisotopic (exact) mass is 477 g/mol. The third kappa shape index (κ3) is 5.38. The average Bonchev–Trinajstić information content (AvgIpc) is 3.56. The lowest BCUT2D eigenvalue weighted by molar-refractivity contribution is -0.137. The molecule has 33 heavy (non-hydrogen) atoms. The van der Waals surface area contributed by atoms with E-state index in [4.69, 9.17) is 11.6 Å². The van der Waals surface area contributed by atoms with Gasteiger partial charge in [-0.2, -0.15) is 18.3 Å². The third-order valence-corrected chi connectivity index (χ3v) is 6.21. The largest absolute Gasteiger partial charge is 0.416 e. The first-order valence-electron chi connectivity index (χ1n) is 10.7. The molecule has 4 rings (SSSR count). The number of nitrogens with one attached hydrogen (secondary N) is 1. The molecule has 5 nitrogen and oxygen atoms in total. The Balaban J connectivity index is 1.40. The number of nitrogens with zero attached hydrogens (tertiary/aromatic N) is 2. The van der Waals surface area contributed by atoms with Crippen molar-refractivity contribution < 1.29 is 22.8 Å². The van der Waals surface area contributed by atoms with E-state index in [1.54, 1.807) is 25.1 Å². The first kappa shape index (κ1) is 23.3. The van der Waals surface area contributed by atoms with Crippen LogP contribution in [-0.4, -0.2) is 35.6 Å². The molecular formula is C24H23ClF3N3O2. The lowest BCUT2D eigenvalue weighted by Crippen LogP contribution is -2.39. The second kappa shape index (κ2) is 9.17. The van der Waals surface area contributed by atoms with Crippen molar-refractivity contribution in [3.05, 3.63) is 70.2 Å². The van der Waals surface area contributed by atoms with Crippen molar-refractivity contribution in [3.8, 4) is 0 Å². The minimum Gasteiger partial charge on any atom is -0.354 e. The molecule has 1 saturated carbocycles. The van der Waals surface area contributed by atoms with E-state index >= 15 is 0 Å². The molecule has 2 atom stereocenters. The Bertz CT molecular complexity index is 1080. The summed E-state index contributed by atoms with van der Waals surface area (Å²) in [5.74, 6) is -1.11. The van der Waals surface area contributed by atoms with Crippen LogP contribution in [0.25, 0.3) is 0 Å². The summed E-state index contributed by atoms with van der Waals surface area (Å²) in [6, 6.07) is 12.1. The Kier molecular flexibility index (Phi) is 6.47. The van der Waals surface area contributed by atoms with Crippen LogP contribution < -0.4 is 5.32 Å². The zero-order valence-corrected chi connectivity index (χ0v) is 18.7. The highest BCUT2D eigenvalue weighted by Gasteiger charge is 2.46. The molecule has 0 radical (unpaired) electrons. The molecule has 0 saturated heterocycles. The van der Waals surface area contributed by atoms with Gasteiger partial charge in [0.15, 0.2) is 0 Å². The number of hydrazone groups is 1. The van der Waals surface area contributed by atoms with Gasteiger partial charge >= 0.3 is 6.18 Å². The van der Waals surface area contributed by atoms with Crippen LogP contribution in [0.2, 0.25) is 5.02 Å². The molecule has 2 unspecified atom stereocenters. The van der Waals surface area contributed by atoms with Gasteiger partial charge in [-0.15, -0.1) is 0 Å². The number of hydrogen-bond acceptors (Lipinski definition) is 3. The summed E-state index contributed by atoms with van der Waals surface area (Å²) in [7, 11) is 0. The maximum atomic E-state index is 13.0. The molecule has 1 N–H and O–H groups in total. The van der Waals surface area contributed by atoms with Gasteiger partial charge < -0.3 is 5.32 Å². The highest BCUT2D eigenvalue weighted by molar-refractivity contribution is 6.30. The highest BCUT2D eigenvalue weighted by Crippen LogP contribution is 2.42. The van der Waals surface area contributed by atoms with Crippen LogP contribution in [0.1, 0.15) is 42.4 Å². The van der Waals surface area contributed by atoms with E-state index in [0.29, 0.717) is 16.3 Å². The number of carbonyl (C=O) groups is 2. The van der Waals surface area contributed by atoms with Crippen molar-refractivity contribution in [2.75, 3.05) is 13.1 Å². The van der Waals surface area contributed by atoms with Gasteiger partial charge in [-0.25, -0.2) is 5.01 Å². The Morgan fingerprint density at radius 1 is 1.21 bits per heavy atom. The Labute approximate surface area is 194 Å². The van der Waals surface area contributed by atoms with Crippen molar-refractivity contribution >= 4 is 29.1 Å². The van der Waals surface area contributed by atoms with Gasteiger partial charge in [-0.3, -0.25) is 9.59 Å². The van der Waals surface area contributed by atoms with Crippen LogP contribution in [0.5, 0.6) is 0 Å². The van der Waals surface area contributed by atoms with Gasteiger partial charge in [0, 0.05) is 11.6 Å². The fourth-order valence-electron chi connectivity index (χ4n) is 3.94. The maximum absolute atomic E-state index is 13.0. The van der Waals surface area contributed by atoms with Gasteiger partial charge in [0.2, 0.25) is 5.91 Å². The Morgan fingerprint density at radius 3 is 2.55 bits per heavy atom. The van der Waals surface area contributed by atoms with Crippen LogP contribution in [0.15, 0.2) is 53.6 Å². The predicted octanol–water partition coefficient (Wildman–Crippen LogP) is 4.85. The van der Waals surface area contributed by atoms with E-state index in [9.17, 15) is 22.8 Å². The van der Waals surface area contributed by atoms with Gasteiger partial charge in [-0.1, -0.05) is 48.9 Å². The summed E-state index contributed by atoms with van der Waals surface area (Å²) in [5.41, 5.74) is 1.19. The molecule has 174 valence electrons. The summed E-state index contributed by atoms with van der Waals surface area (Å²) in [4.78, 5) is 25.5. The van der Waals surface area contributed by atoms with E-state index in [0.717, 1.165) is 30.5 Å². The minimum absolute atomic E-state index is 0.141. The van der Waals surface area contributed by atoms with Crippen LogP contribution in [0.3, 0.4) is 0 Å². The van der Waals surface area contributed by atoms with E-state index in [1.807, 2.05) is 12.1 Å². The van der Waals surface area contributed by atoms with E-state index < -0.39 is 17.6 Å². The zero-order chi connectivity index (χ0) is 23.8. The normalized spacial score (nSPS) is 19.4. The molecule has 1 aliphatic carbocycles. The lowest BCUT2D eigenvalue weighted by atomic mass is 9.92. The number of carbonyl (C=O) groups excluding carboxylic acids is 2. The van der Waals surface area contributed by atoms with Crippen molar-refractivity contribution in [2.45, 2.75) is 31.9 Å². The quantitative estimate of drug-likeness (QED) is 0.619. The fourth-order valence-corrected chi connectivity index (χ4v) is 4.07. The zero-order valence-electron chi connectivity index (χ0n) is 17.9. The molecular weight excluding hydrogens is 455 g/mol. The third-order valence-electron chi connectivity index (χ3n) is 5.96. The van der Waals surface area contributed by atoms with Crippen molar-refractivity contribution in [1.29, 1.82) is 0 Å². The maximum Gasteiger partial charge on any atom is 0.416 e. The number of rotatable bonds is 7. The molecule has 2 aromatic carbocycles. The highest BCUT2D eigenvalue weighted by atomic mass is 35.5. The van der Waals surface area contributed by atoms with Crippen LogP contribution in [0.4, 0.5) is 13.2 Å². The van der Waals surface area contributed by atoms with Gasteiger partial charge in [0.25, 0.3) is 5.91 Å². The van der Waals surface area contributed by atoms with Crippen LogP contribution in [0, 0.1) is 11.8 Å². The number of hydrogen-bond donors (Lipinski definition) is 1. The first-order chi connectivity index (χ1) is 15.6. The van der Waals surface area contributed by atoms with Crippen molar-refractivity contribution in [1.82, 2.24) is 10.3 Å². The molecule has 2 aromatic rings. The van der Waals surface area contributed by atoms with Gasteiger partial charge in [-0.05, 0) is 54.0 Å². The Hall–Kier alpha value is -2.87. The molecule has 1 fully saturated rings. The predicted molar refractivity (Wildman–Crippen MR) is 119 cm³/mol. The lowest BCUT2D eigenvalue weighted by Gasteiger charge is -2.17. The topological polar surface area (TPSA) is 61.8 Å². The molecule has 0 spiro atoms. The Morgan fingerprint density at radius 2 is 1.91 bits per heavy atom. The summed E-state index contributed by atoms with van der Waals surface area (Å²) >= 11 is 5.97. The fraction of sp³-hybridized carbons (Fsp3) is 0.375. The number of halogens is 4. The summed E-state index contributed by atoms with van der Waals surface area (Å²) < 4.78 is 38.8. The second-order valence-electron chi connectivity index (χ2n) is 8.53. The molecule has 2 amide bonds. The molecule has 1 aliphatic heterocycles. The standard InChI is InChI=1S/C24H23ClF3N3O2/c1-14(17-3-2-4-18(11-17)24(26,27)28)12-29-20(32)13-31-23(33)21(15-5-6-15)22(30-31)16-7-9-19(25)10-8-16/h2-4,7-11,14-15,21H,5-6,12-13H2,1H3,(H,29,32). The summed E-state index contributed by atoms with van der Waals surface area (Å²) in [6.45, 7) is 1.63. The van der Waals surface area contributed by atoms with Gasteiger partial charge in [0.1, 0.15) is 6.54 Å². The van der Waals surface area contributed by atoms with Crippen molar-refractivity contribution in [3.63, 3.8) is 0 Å². The van der Waals surface area contributed by atoms with Gasteiger partial charge in [0.05, 0.1) is 17.2 Å². The van der Waals surface area contributed by atoms with E-state index in [2.05, 4.69) is 10.4 Å². The molecule has 0 bridgehead atoms. The van der Waals surface area contributed by atoms with Crippen molar-refractivity contribution in [2.24, 2.45) is 16.9 Å². The second-order valence-corrected chi connectivity index (χ2v) is 8.97. The summed E-state index contributed by atoms with van der Waals surface area (Å²) in [6.07, 6.45) is -2.54. The smallest absolute Gasteiger partial charge is 0.354 e. The summed E-state index contributed by atoms with van der Waals surface area (Å²) in [5, 5.41) is 8.93. The molecule has 1 heterocycles. The first-order valence-corrected chi connectivity index (χ1v) is 11.1. The molecule has 0 aromatic heterocycles. The number of benzene rings is 2. The van der Waals surface area contributed by atoms with Crippen LogP contribution in [-0.2, 0) is 15.8 Å². The SMILES string of the molecule is CC(CNC(=O)CN1N=C(c2ccc(Cl)cc2)C(C2CC2)C1=O)c1cccc(C(F)(F)F)c1. The average molecular weight is 478 g/mol. The van der Waals surface area contributed by atoms with E-state index in [-0.39, 0.29) is 36.8 Å². The molecule has 9 heteroatoms. The molecule has 2 aliphatic rings. The van der Waals surface area contributed by atoms with E-state index in [1.165, 1.54) is 11.1 Å². The number of alkyl halides is 3. The van der Waals surface area contributed by atoms with Crippen LogP contribution >= 0.6 is 11.6 Å². The minimum atomic E-state index is -4.42. The number of amides is 2.